The average Bonchev–Trinajstić information content (AvgIpc) is 2.74. The first kappa shape index (κ1) is 27.3. The number of aliphatic hydroxyl groups is 1. The Labute approximate surface area is 188 Å². The number of ether oxygens (including phenoxy) is 1. The van der Waals surface area contributed by atoms with E-state index in [0.29, 0.717) is 11.3 Å². The lowest BCUT2D eigenvalue weighted by Gasteiger charge is -2.18. The van der Waals surface area contributed by atoms with Crippen LogP contribution < -0.4 is 16.0 Å². The van der Waals surface area contributed by atoms with Gasteiger partial charge in [0.15, 0.2) is 0 Å². The van der Waals surface area contributed by atoms with E-state index >= 15 is 0 Å². The second-order valence-corrected chi connectivity index (χ2v) is 6.87. The van der Waals surface area contributed by atoms with Gasteiger partial charge in [0, 0.05) is 18.5 Å². The number of carboxylic acids is 3. The van der Waals surface area contributed by atoms with Gasteiger partial charge < -0.3 is 41.1 Å². The molecule has 0 bridgehead atoms. The van der Waals surface area contributed by atoms with Crippen LogP contribution in [0.4, 0.5) is 10.5 Å². The van der Waals surface area contributed by atoms with Gasteiger partial charge in [-0.05, 0) is 24.1 Å². The van der Waals surface area contributed by atoms with Crippen molar-refractivity contribution in [3.63, 3.8) is 0 Å². The van der Waals surface area contributed by atoms with Crippen molar-refractivity contribution in [3.05, 3.63) is 29.8 Å². The van der Waals surface area contributed by atoms with Crippen LogP contribution in [0.15, 0.2) is 24.3 Å². The molecule has 1 rings (SSSR count). The van der Waals surface area contributed by atoms with E-state index in [0.717, 1.165) is 0 Å². The highest BCUT2D eigenvalue weighted by molar-refractivity contribution is 5.90. The van der Waals surface area contributed by atoms with Gasteiger partial charge in [0.2, 0.25) is 5.91 Å². The third-order valence-corrected chi connectivity index (χ3v) is 4.24. The summed E-state index contributed by atoms with van der Waals surface area (Å²) in [6, 6.07) is 2.27. The molecule has 0 aromatic heterocycles. The molecule has 0 radical (unpaired) electrons. The van der Waals surface area contributed by atoms with Gasteiger partial charge in [-0.25, -0.2) is 14.4 Å². The van der Waals surface area contributed by atoms with Crippen LogP contribution in [0.25, 0.3) is 0 Å². The predicted octanol–water partition coefficient (Wildman–Crippen LogP) is -0.363. The van der Waals surface area contributed by atoms with E-state index in [4.69, 9.17) is 20.1 Å². The van der Waals surface area contributed by atoms with Crippen molar-refractivity contribution in [2.45, 2.75) is 37.8 Å². The van der Waals surface area contributed by atoms with Gasteiger partial charge in [-0.2, -0.15) is 0 Å². The molecule has 0 aliphatic rings. The standard InChI is InChI=1S/C20H27N3O10/c24-8-10-33-9-7-16(25)21-13-3-1-12(2-4-13)11-15(19(30)31)23-20(32)22-14(18(28)29)5-6-17(26)27/h1-4,14-15,24H,5-11H2,(H,21,25)(H,26,27)(H,28,29)(H,30,31)(H2,22,23,32). The number of carbonyl (C=O) groups excluding carboxylic acids is 2. The largest absolute Gasteiger partial charge is 0.481 e. The summed E-state index contributed by atoms with van der Waals surface area (Å²) in [5.74, 6) is -4.35. The van der Waals surface area contributed by atoms with Crippen molar-refractivity contribution in [2.75, 3.05) is 25.1 Å². The number of nitrogens with one attached hydrogen (secondary N) is 3. The highest BCUT2D eigenvalue weighted by Crippen LogP contribution is 2.12. The number of aliphatic hydroxyl groups excluding tert-OH is 1. The number of amides is 3. The molecule has 0 saturated heterocycles. The Morgan fingerprint density at radius 3 is 2.00 bits per heavy atom. The van der Waals surface area contributed by atoms with Crippen LogP contribution >= 0.6 is 0 Å². The van der Waals surface area contributed by atoms with Crippen molar-refractivity contribution in [3.8, 4) is 0 Å². The van der Waals surface area contributed by atoms with Gasteiger partial charge >= 0.3 is 23.9 Å². The lowest BCUT2D eigenvalue weighted by atomic mass is 10.1. The molecule has 182 valence electrons. The summed E-state index contributed by atoms with van der Waals surface area (Å²) >= 11 is 0. The molecule has 13 nitrogen and oxygen atoms in total. The van der Waals surface area contributed by atoms with Crippen LogP contribution in [-0.2, 0) is 30.3 Å². The summed E-state index contributed by atoms with van der Waals surface area (Å²) in [5, 5.41) is 42.5. The van der Waals surface area contributed by atoms with Crippen molar-refractivity contribution >= 4 is 35.5 Å². The number of hydrogen-bond acceptors (Lipinski definition) is 7. The Kier molecular flexibility index (Phi) is 11.9. The number of benzene rings is 1. The van der Waals surface area contributed by atoms with Crippen molar-refractivity contribution in [1.82, 2.24) is 10.6 Å². The molecule has 0 spiro atoms. The second-order valence-electron chi connectivity index (χ2n) is 6.87. The fraction of sp³-hybridized carbons (Fsp3) is 0.450. The Bertz CT molecular complexity index is 828. The van der Waals surface area contributed by atoms with Crippen LogP contribution in [-0.4, -0.2) is 82.2 Å². The molecule has 0 aliphatic carbocycles. The third-order valence-electron chi connectivity index (χ3n) is 4.24. The normalized spacial score (nSPS) is 12.3. The Morgan fingerprint density at radius 2 is 1.45 bits per heavy atom. The molecule has 0 fully saturated rings. The topological polar surface area (TPSA) is 212 Å². The summed E-state index contributed by atoms with van der Waals surface area (Å²) in [4.78, 5) is 57.1. The molecule has 1 aromatic rings. The fourth-order valence-corrected chi connectivity index (χ4v) is 2.60. The van der Waals surface area contributed by atoms with Crippen LogP contribution in [0.5, 0.6) is 0 Å². The number of carboxylic acid groups (broad SMARTS) is 3. The Hall–Kier alpha value is -3.71. The Balaban J connectivity index is 2.62. The highest BCUT2D eigenvalue weighted by Gasteiger charge is 2.25. The monoisotopic (exact) mass is 469 g/mol. The van der Waals surface area contributed by atoms with E-state index in [2.05, 4.69) is 16.0 Å². The van der Waals surface area contributed by atoms with Gasteiger partial charge in [0.05, 0.1) is 26.2 Å². The van der Waals surface area contributed by atoms with Gasteiger partial charge in [-0.1, -0.05) is 12.1 Å². The average molecular weight is 469 g/mol. The molecular formula is C20H27N3O10. The molecule has 1 aromatic carbocycles. The maximum absolute atomic E-state index is 12.0. The van der Waals surface area contributed by atoms with Gasteiger partial charge in [-0.3, -0.25) is 9.59 Å². The molecule has 0 aliphatic heterocycles. The predicted molar refractivity (Wildman–Crippen MR) is 113 cm³/mol. The molecular weight excluding hydrogens is 442 g/mol. The van der Waals surface area contributed by atoms with Crippen LogP contribution in [0.1, 0.15) is 24.8 Å². The summed E-state index contributed by atoms with van der Waals surface area (Å²) in [6.07, 6.45) is -0.890. The van der Waals surface area contributed by atoms with Gasteiger partial charge in [-0.15, -0.1) is 0 Å². The Morgan fingerprint density at radius 1 is 0.848 bits per heavy atom. The minimum absolute atomic E-state index is 0.0890. The molecule has 0 saturated carbocycles. The smallest absolute Gasteiger partial charge is 0.326 e. The van der Waals surface area contributed by atoms with Crippen LogP contribution in [0.2, 0.25) is 0 Å². The summed E-state index contributed by atoms with van der Waals surface area (Å²) < 4.78 is 5.00. The molecule has 13 heteroatoms. The number of aliphatic carboxylic acids is 3. The zero-order chi connectivity index (χ0) is 24.8. The lowest BCUT2D eigenvalue weighted by molar-refractivity contribution is -0.140. The molecule has 3 amide bonds. The molecule has 7 N–H and O–H groups in total. The number of carbonyl (C=O) groups is 5. The zero-order valence-electron chi connectivity index (χ0n) is 17.7. The van der Waals surface area contributed by atoms with E-state index in [9.17, 15) is 29.1 Å². The van der Waals surface area contributed by atoms with Crippen LogP contribution in [0, 0.1) is 0 Å². The number of rotatable bonds is 15. The van der Waals surface area contributed by atoms with Crippen LogP contribution in [0.3, 0.4) is 0 Å². The molecule has 0 heterocycles. The highest BCUT2D eigenvalue weighted by atomic mass is 16.5. The third kappa shape index (κ3) is 11.5. The number of urea groups is 1. The fourth-order valence-electron chi connectivity index (χ4n) is 2.60. The van der Waals surface area contributed by atoms with Gasteiger partial charge in [0.25, 0.3) is 0 Å². The first-order valence-corrected chi connectivity index (χ1v) is 9.94. The van der Waals surface area contributed by atoms with Crippen molar-refractivity contribution < 1.29 is 49.1 Å². The van der Waals surface area contributed by atoms with Crippen molar-refractivity contribution in [2.24, 2.45) is 0 Å². The van der Waals surface area contributed by atoms with E-state index in [1.165, 1.54) is 0 Å². The second kappa shape index (κ2) is 14.4. The number of anilines is 1. The quantitative estimate of drug-likeness (QED) is 0.166. The number of hydrogen-bond donors (Lipinski definition) is 7. The van der Waals surface area contributed by atoms with E-state index in [1.807, 2.05) is 0 Å². The van der Waals surface area contributed by atoms with Gasteiger partial charge in [0.1, 0.15) is 12.1 Å². The first-order valence-electron chi connectivity index (χ1n) is 9.94. The zero-order valence-corrected chi connectivity index (χ0v) is 17.7. The molecule has 33 heavy (non-hydrogen) atoms. The summed E-state index contributed by atoms with van der Waals surface area (Å²) in [6.45, 7) is 0.150. The van der Waals surface area contributed by atoms with E-state index in [-0.39, 0.29) is 45.0 Å². The minimum Gasteiger partial charge on any atom is -0.481 e. The molecule has 2 atom stereocenters. The van der Waals surface area contributed by atoms with E-state index in [1.54, 1.807) is 24.3 Å². The first-order chi connectivity index (χ1) is 15.6. The SMILES string of the molecule is O=C(O)CCC(NC(=O)NC(Cc1ccc(NC(=O)CCOCCO)cc1)C(=O)O)C(=O)O. The van der Waals surface area contributed by atoms with E-state index < -0.39 is 42.4 Å². The lowest BCUT2D eigenvalue weighted by Crippen LogP contribution is -2.51. The summed E-state index contributed by atoms with van der Waals surface area (Å²) in [5.41, 5.74) is 0.985. The maximum Gasteiger partial charge on any atom is 0.326 e. The minimum atomic E-state index is -1.49. The maximum atomic E-state index is 12.0. The summed E-state index contributed by atoms with van der Waals surface area (Å²) in [7, 11) is 0. The van der Waals surface area contributed by atoms with Crippen molar-refractivity contribution in [1.29, 1.82) is 0 Å². The molecule has 2 unspecified atom stereocenters.